The molecule has 0 aromatic carbocycles. The first-order valence-corrected chi connectivity index (χ1v) is 6.79. The van der Waals surface area contributed by atoms with E-state index < -0.39 is 5.97 Å². The van der Waals surface area contributed by atoms with Gasteiger partial charge in [-0.2, -0.15) is 10.2 Å². The number of nitrogens with one attached hydrogen (secondary N) is 1. The Hall–Kier alpha value is -2.38. The van der Waals surface area contributed by atoms with Crippen LogP contribution in [0.3, 0.4) is 0 Å². The van der Waals surface area contributed by atoms with E-state index in [4.69, 9.17) is 0 Å². The third kappa shape index (κ3) is 3.21. The summed E-state index contributed by atoms with van der Waals surface area (Å²) in [6.07, 6.45) is 2.00. The largest absolute Gasteiger partial charge is 0.468 e. The number of methoxy groups -OCH3 is 1. The molecule has 0 unspecified atom stereocenters. The number of aryl methyl sites for hydroxylation is 3. The second kappa shape index (κ2) is 6.38. The number of hydrogen-bond acceptors (Lipinski definition) is 5. The lowest BCUT2D eigenvalue weighted by Crippen LogP contribution is -2.30. The molecule has 0 bridgehead atoms. The van der Waals surface area contributed by atoms with Crippen LogP contribution in [-0.2, 0) is 27.4 Å². The van der Waals surface area contributed by atoms with Gasteiger partial charge >= 0.3 is 5.97 Å². The van der Waals surface area contributed by atoms with Gasteiger partial charge < -0.3 is 10.1 Å². The molecule has 0 fully saturated rings. The van der Waals surface area contributed by atoms with Crippen molar-refractivity contribution in [2.45, 2.75) is 33.4 Å². The molecule has 8 nitrogen and oxygen atoms in total. The van der Waals surface area contributed by atoms with Crippen LogP contribution < -0.4 is 5.32 Å². The average molecular weight is 293 g/mol. The van der Waals surface area contributed by atoms with E-state index in [1.807, 2.05) is 18.5 Å². The van der Waals surface area contributed by atoms with E-state index in [0.717, 1.165) is 23.3 Å². The summed E-state index contributed by atoms with van der Waals surface area (Å²) in [5, 5.41) is 11.2. The number of esters is 1. The number of fused-ring (bicyclic) bond motifs is 1. The van der Waals surface area contributed by atoms with Crippen molar-refractivity contribution in [3.05, 3.63) is 11.9 Å². The molecular weight excluding hydrogens is 274 g/mol. The molecule has 0 atom stereocenters. The molecule has 2 aromatic heterocycles. The van der Waals surface area contributed by atoms with Crippen molar-refractivity contribution >= 4 is 22.9 Å². The molecule has 2 heterocycles. The SMILES string of the molecule is CCn1nc(C)c2c1cnn2CCC(=O)NCC(=O)OC. The number of rotatable bonds is 6. The lowest BCUT2D eigenvalue weighted by atomic mass is 10.3. The van der Waals surface area contributed by atoms with Gasteiger partial charge in [-0.3, -0.25) is 19.0 Å². The Bertz CT molecular complexity index is 658. The maximum absolute atomic E-state index is 11.7. The number of hydrogen-bond donors (Lipinski definition) is 1. The Morgan fingerprint density at radius 3 is 2.81 bits per heavy atom. The summed E-state index contributed by atoms with van der Waals surface area (Å²) in [6.45, 7) is 5.03. The predicted molar refractivity (Wildman–Crippen MR) is 75.6 cm³/mol. The number of aromatic nitrogens is 4. The van der Waals surface area contributed by atoms with E-state index >= 15 is 0 Å². The maximum atomic E-state index is 11.7. The van der Waals surface area contributed by atoms with Crippen LogP contribution in [0.2, 0.25) is 0 Å². The molecule has 21 heavy (non-hydrogen) atoms. The minimum atomic E-state index is -0.468. The summed E-state index contributed by atoms with van der Waals surface area (Å²) < 4.78 is 8.10. The zero-order chi connectivity index (χ0) is 15.4. The Labute approximate surface area is 122 Å². The molecule has 0 saturated heterocycles. The van der Waals surface area contributed by atoms with Crippen LogP contribution in [0.25, 0.3) is 11.0 Å². The van der Waals surface area contributed by atoms with E-state index in [1.165, 1.54) is 7.11 Å². The van der Waals surface area contributed by atoms with Gasteiger partial charge in [-0.15, -0.1) is 0 Å². The van der Waals surface area contributed by atoms with Crippen LogP contribution in [0.5, 0.6) is 0 Å². The highest BCUT2D eigenvalue weighted by Crippen LogP contribution is 2.17. The first-order chi connectivity index (χ1) is 10.1. The highest BCUT2D eigenvalue weighted by molar-refractivity contribution is 5.82. The summed E-state index contributed by atoms with van der Waals surface area (Å²) in [6, 6.07) is 0. The molecule has 0 spiro atoms. The molecule has 1 amide bonds. The molecule has 0 aliphatic rings. The Morgan fingerprint density at radius 1 is 1.38 bits per heavy atom. The zero-order valence-corrected chi connectivity index (χ0v) is 12.4. The van der Waals surface area contributed by atoms with Gasteiger partial charge in [0.2, 0.25) is 5.91 Å². The van der Waals surface area contributed by atoms with E-state index in [2.05, 4.69) is 20.3 Å². The van der Waals surface area contributed by atoms with Crippen molar-refractivity contribution in [3.63, 3.8) is 0 Å². The molecule has 8 heteroatoms. The zero-order valence-electron chi connectivity index (χ0n) is 12.4. The Kier molecular flexibility index (Phi) is 4.56. The molecular formula is C13H19N5O3. The topological polar surface area (TPSA) is 91.0 Å². The fraction of sp³-hybridized carbons (Fsp3) is 0.538. The second-order valence-corrected chi connectivity index (χ2v) is 4.61. The van der Waals surface area contributed by atoms with E-state index in [0.29, 0.717) is 6.54 Å². The molecule has 2 aromatic rings. The van der Waals surface area contributed by atoms with Gasteiger partial charge in [0.15, 0.2) is 0 Å². The van der Waals surface area contributed by atoms with Crippen molar-refractivity contribution < 1.29 is 14.3 Å². The van der Waals surface area contributed by atoms with E-state index in [9.17, 15) is 9.59 Å². The predicted octanol–water partition coefficient (Wildman–Crippen LogP) is 0.240. The minimum Gasteiger partial charge on any atom is -0.468 e. The summed E-state index contributed by atoms with van der Waals surface area (Å²) in [5.74, 6) is -0.686. The van der Waals surface area contributed by atoms with Crippen molar-refractivity contribution in [1.82, 2.24) is 24.9 Å². The van der Waals surface area contributed by atoms with Crippen molar-refractivity contribution in [2.75, 3.05) is 13.7 Å². The Balaban J connectivity index is 1.99. The number of ether oxygens (including phenoxy) is 1. The standard InChI is InChI=1S/C13H19N5O3/c1-4-17-10-7-15-18(13(10)9(2)16-17)6-5-11(19)14-8-12(20)21-3/h7H,4-6,8H2,1-3H3,(H,14,19). The van der Waals surface area contributed by atoms with Gasteiger partial charge in [0, 0.05) is 13.0 Å². The molecule has 1 N–H and O–H groups in total. The van der Waals surface area contributed by atoms with Crippen LogP contribution in [0.15, 0.2) is 6.20 Å². The number of amides is 1. The van der Waals surface area contributed by atoms with Crippen LogP contribution in [0, 0.1) is 6.92 Å². The third-order valence-electron chi connectivity index (χ3n) is 3.22. The van der Waals surface area contributed by atoms with Gasteiger partial charge in [0.25, 0.3) is 0 Å². The first kappa shape index (κ1) is 15.0. The highest BCUT2D eigenvalue weighted by Gasteiger charge is 2.13. The lowest BCUT2D eigenvalue weighted by molar-refractivity contribution is -0.141. The quantitative estimate of drug-likeness (QED) is 0.770. The minimum absolute atomic E-state index is 0.114. The van der Waals surface area contributed by atoms with Gasteiger partial charge in [0.1, 0.15) is 17.6 Å². The number of nitrogens with zero attached hydrogens (tertiary/aromatic N) is 4. The third-order valence-corrected chi connectivity index (χ3v) is 3.22. The van der Waals surface area contributed by atoms with E-state index in [1.54, 1.807) is 10.9 Å². The first-order valence-electron chi connectivity index (χ1n) is 6.79. The van der Waals surface area contributed by atoms with Crippen LogP contribution in [0.1, 0.15) is 19.0 Å². The molecule has 2 rings (SSSR count). The van der Waals surface area contributed by atoms with Gasteiger partial charge in [-0.25, -0.2) is 0 Å². The van der Waals surface area contributed by atoms with Gasteiger partial charge in [0.05, 0.1) is 25.5 Å². The fourth-order valence-electron chi connectivity index (χ4n) is 2.17. The van der Waals surface area contributed by atoms with Crippen molar-refractivity contribution in [2.24, 2.45) is 0 Å². The highest BCUT2D eigenvalue weighted by atomic mass is 16.5. The smallest absolute Gasteiger partial charge is 0.325 e. The van der Waals surface area contributed by atoms with Crippen LogP contribution in [-0.4, -0.2) is 45.1 Å². The normalized spacial score (nSPS) is 10.8. The molecule has 114 valence electrons. The molecule has 0 aliphatic carbocycles. The van der Waals surface area contributed by atoms with Crippen LogP contribution >= 0.6 is 0 Å². The van der Waals surface area contributed by atoms with Gasteiger partial charge in [-0.1, -0.05) is 0 Å². The maximum Gasteiger partial charge on any atom is 0.325 e. The molecule has 0 saturated carbocycles. The summed E-state index contributed by atoms with van der Waals surface area (Å²) in [7, 11) is 1.28. The fourth-order valence-corrected chi connectivity index (χ4v) is 2.17. The van der Waals surface area contributed by atoms with Gasteiger partial charge in [-0.05, 0) is 13.8 Å². The van der Waals surface area contributed by atoms with E-state index in [-0.39, 0.29) is 18.9 Å². The average Bonchev–Trinajstić information content (AvgIpc) is 3.04. The Morgan fingerprint density at radius 2 is 2.14 bits per heavy atom. The summed E-state index contributed by atoms with van der Waals surface area (Å²) in [4.78, 5) is 22.6. The van der Waals surface area contributed by atoms with Crippen LogP contribution in [0.4, 0.5) is 0 Å². The monoisotopic (exact) mass is 293 g/mol. The van der Waals surface area contributed by atoms with Crippen molar-refractivity contribution in [1.29, 1.82) is 0 Å². The second-order valence-electron chi connectivity index (χ2n) is 4.61. The van der Waals surface area contributed by atoms with Crippen molar-refractivity contribution in [3.8, 4) is 0 Å². The molecule has 0 aliphatic heterocycles. The number of carbonyl (C=O) groups excluding carboxylic acids is 2. The summed E-state index contributed by atoms with van der Waals surface area (Å²) in [5.41, 5.74) is 2.79. The number of carbonyl (C=O) groups is 2. The summed E-state index contributed by atoms with van der Waals surface area (Å²) >= 11 is 0. The lowest BCUT2D eigenvalue weighted by Gasteiger charge is -2.04. The molecule has 0 radical (unpaired) electrons.